The van der Waals surface area contributed by atoms with Gasteiger partial charge >= 0.3 is 0 Å². The maximum atomic E-state index is 5.96. The van der Waals surface area contributed by atoms with Crippen LogP contribution >= 0.6 is 0 Å². The highest BCUT2D eigenvalue weighted by Gasteiger charge is 2.11. The number of hydrogen-bond donors (Lipinski definition) is 0. The van der Waals surface area contributed by atoms with Gasteiger partial charge in [0.25, 0.3) is 0 Å². The molecular formula is C30H23N3O. The fourth-order valence-electron chi connectivity index (χ4n) is 3.69. The van der Waals surface area contributed by atoms with Crippen LogP contribution in [0.25, 0.3) is 34.5 Å². The van der Waals surface area contributed by atoms with E-state index in [4.69, 9.17) is 9.72 Å². The Morgan fingerprint density at radius 2 is 1.44 bits per heavy atom. The summed E-state index contributed by atoms with van der Waals surface area (Å²) in [5.41, 5.74) is 6.90. The van der Waals surface area contributed by atoms with Crippen molar-refractivity contribution in [2.24, 2.45) is 0 Å². The predicted molar refractivity (Wildman–Crippen MR) is 137 cm³/mol. The van der Waals surface area contributed by atoms with Crippen molar-refractivity contribution in [3.8, 4) is 34.0 Å². The average Bonchev–Trinajstić information content (AvgIpc) is 2.90. The van der Waals surface area contributed by atoms with Crippen LogP contribution in [0.15, 0.2) is 110 Å². The first-order chi connectivity index (χ1) is 16.8. The molecule has 4 nitrogen and oxygen atoms in total. The van der Waals surface area contributed by atoms with Crippen LogP contribution in [-0.4, -0.2) is 15.0 Å². The van der Waals surface area contributed by atoms with Gasteiger partial charge in [0.15, 0.2) is 0 Å². The maximum absolute atomic E-state index is 5.96. The van der Waals surface area contributed by atoms with E-state index in [1.807, 2.05) is 86.2 Å². The number of benzene rings is 2. The molecule has 164 valence electrons. The van der Waals surface area contributed by atoms with Gasteiger partial charge in [-0.15, -0.1) is 0 Å². The summed E-state index contributed by atoms with van der Waals surface area (Å²) in [6.45, 7) is 2.00. The minimum absolute atomic E-state index is 0.586. The van der Waals surface area contributed by atoms with Crippen LogP contribution in [-0.2, 0) is 0 Å². The first-order valence-corrected chi connectivity index (χ1v) is 11.1. The molecule has 0 saturated carbocycles. The lowest BCUT2D eigenvalue weighted by Crippen LogP contribution is -1.95. The van der Waals surface area contributed by atoms with E-state index in [0.717, 1.165) is 44.8 Å². The Labute approximate surface area is 199 Å². The summed E-state index contributed by atoms with van der Waals surface area (Å²) in [6, 6.07) is 28.1. The molecule has 0 unspecified atom stereocenters. The second kappa shape index (κ2) is 9.92. The zero-order valence-electron chi connectivity index (χ0n) is 18.8. The Hall–Kier alpha value is -4.57. The Balaban J connectivity index is 1.53. The first kappa shape index (κ1) is 21.3. The highest BCUT2D eigenvalue weighted by Crippen LogP contribution is 2.31. The third kappa shape index (κ3) is 4.92. The van der Waals surface area contributed by atoms with Crippen molar-refractivity contribution in [1.29, 1.82) is 0 Å². The third-order valence-corrected chi connectivity index (χ3v) is 5.43. The molecule has 0 aliphatic heterocycles. The van der Waals surface area contributed by atoms with Gasteiger partial charge in [-0.25, -0.2) is 4.98 Å². The number of ether oxygens (including phenoxy) is 1. The summed E-state index contributed by atoms with van der Waals surface area (Å²) in [5, 5.41) is 0. The standard InChI is InChI=1S/C30H23N3O/c1-22-17-27(21-33-30(22)34-28-12-6-3-7-13-28)29-24(15-14-23-9-4-2-5-10-23)18-26(20-32-29)25-11-8-16-31-19-25/h2-21H,1H3/b15-14+. The summed E-state index contributed by atoms with van der Waals surface area (Å²) >= 11 is 0. The number of rotatable bonds is 6. The van der Waals surface area contributed by atoms with Gasteiger partial charge in [0, 0.05) is 52.6 Å². The molecule has 2 aromatic carbocycles. The highest BCUT2D eigenvalue weighted by molar-refractivity contribution is 5.81. The van der Waals surface area contributed by atoms with Crippen molar-refractivity contribution in [2.45, 2.75) is 6.92 Å². The zero-order chi connectivity index (χ0) is 23.2. The Morgan fingerprint density at radius 3 is 2.18 bits per heavy atom. The van der Waals surface area contributed by atoms with E-state index in [-0.39, 0.29) is 0 Å². The maximum Gasteiger partial charge on any atom is 0.222 e. The summed E-state index contributed by atoms with van der Waals surface area (Å²) in [6.07, 6.45) is 11.5. The quantitative estimate of drug-likeness (QED) is 0.274. The molecule has 0 fully saturated rings. The summed E-state index contributed by atoms with van der Waals surface area (Å²) in [5.74, 6) is 1.35. The molecule has 0 radical (unpaired) electrons. The van der Waals surface area contributed by atoms with Gasteiger partial charge in [-0.3, -0.25) is 9.97 Å². The van der Waals surface area contributed by atoms with E-state index in [1.54, 1.807) is 6.20 Å². The van der Waals surface area contributed by atoms with Crippen LogP contribution in [0.1, 0.15) is 16.7 Å². The van der Waals surface area contributed by atoms with Crippen molar-refractivity contribution in [1.82, 2.24) is 15.0 Å². The molecule has 0 N–H and O–H groups in total. The van der Waals surface area contributed by atoms with Crippen LogP contribution in [0.2, 0.25) is 0 Å². The molecule has 0 aliphatic carbocycles. The fraction of sp³-hybridized carbons (Fsp3) is 0.0333. The van der Waals surface area contributed by atoms with Crippen molar-refractivity contribution >= 4 is 12.2 Å². The lowest BCUT2D eigenvalue weighted by molar-refractivity contribution is 0.459. The molecule has 3 heterocycles. The van der Waals surface area contributed by atoms with Crippen LogP contribution in [0.4, 0.5) is 0 Å². The molecule has 0 amide bonds. The smallest absolute Gasteiger partial charge is 0.222 e. The molecule has 5 aromatic rings. The van der Waals surface area contributed by atoms with E-state index in [0.29, 0.717) is 5.88 Å². The van der Waals surface area contributed by atoms with Gasteiger partial charge in [0.1, 0.15) is 5.75 Å². The Kier molecular flexibility index (Phi) is 6.21. The lowest BCUT2D eigenvalue weighted by Gasteiger charge is -2.12. The molecule has 0 aliphatic rings. The van der Waals surface area contributed by atoms with Gasteiger partial charge in [0.2, 0.25) is 5.88 Å². The van der Waals surface area contributed by atoms with Gasteiger partial charge in [-0.2, -0.15) is 0 Å². The van der Waals surface area contributed by atoms with E-state index in [1.165, 1.54) is 0 Å². The molecule has 4 heteroatoms. The van der Waals surface area contributed by atoms with E-state index >= 15 is 0 Å². The zero-order valence-corrected chi connectivity index (χ0v) is 18.8. The summed E-state index contributed by atoms with van der Waals surface area (Å²) in [4.78, 5) is 13.7. The second-order valence-electron chi connectivity index (χ2n) is 7.91. The number of nitrogens with zero attached hydrogens (tertiary/aromatic N) is 3. The van der Waals surface area contributed by atoms with Gasteiger partial charge in [0.05, 0.1) is 5.69 Å². The number of aromatic nitrogens is 3. The minimum Gasteiger partial charge on any atom is -0.439 e. The number of aryl methyl sites for hydroxylation is 1. The molecule has 0 atom stereocenters. The minimum atomic E-state index is 0.586. The number of para-hydroxylation sites is 1. The monoisotopic (exact) mass is 441 g/mol. The number of hydrogen-bond acceptors (Lipinski definition) is 4. The Morgan fingerprint density at radius 1 is 0.676 bits per heavy atom. The van der Waals surface area contributed by atoms with Gasteiger partial charge in [-0.1, -0.05) is 66.7 Å². The summed E-state index contributed by atoms with van der Waals surface area (Å²) < 4.78 is 5.96. The van der Waals surface area contributed by atoms with E-state index in [2.05, 4.69) is 46.4 Å². The second-order valence-corrected chi connectivity index (χ2v) is 7.91. The molecular weight excluding hydrogens is 418 g/mol. The van der Waals surface area contributed by atoms with Gasteiger partial charge < -0.3 is 4.74 Å². The first-order valence-electron chi connectivity index (χ1n) is 11.1. The average molecular weight is 442 g/mol. The number of pyridine rings is 3. The molecule has 0 bridgehead atoms. The van der Waals surface area contributed by atoms with Crippen molar-refractivity contribution in [2.75, 3.05) is 0 Å². The largest absolute Gasteiger partial charge is 0.439 e. The SMILES string of the molecule is Cc1cc(-c2ncc(-c3cccnc3)cc2/C=C/c2ccccc2)cnc1Oc1ccccc1. The normalized spacial score (nSPS) is 11.0. The molecule has 5 rings (SSSR count). The van der Waals surface area contributed by atoms with Crippen molar-refractivity contribution in [3.63, 3.8) is 0 Å². The van der Waals surface area contributed by atoms with Gasteiger partial charge in [-0.05, 0) is 42.8 Å². The molecule has 0 saturated heterocycles. The molecule has 34 heavy (non-hydrogen) atoms. The van der Waals surface area contributed by atoms with Crippen molar-refractivity contribution in [3.05, 3.63) is 126 Å². The molecule has 0 spiro atoms. The van der Waals surface area contributed by atoms with Crippen LogP contribution in [0.5, 0.6) is 11.6 Å². The summed E-state index contributed by atoms with van der Waals surface area (Å²) in [7, 11) is 0. The van der Waals surface area contributed by atoms with E-state index < -0.39 is 0 Å². The lowest BCUT2D eigenvalue weighted by atomic mass is 10.0. The highest BCUT2D eigenvalue weighted by atomic mass is 16.5. The predicted octanol–water partition coefficient (Wildman–Crippen LogP) is 7.48. The van der Waals surface area contributed by atoms with Crippen LogP contribution in [0, 0.1) is 6.92 Å². The van der Waals surface area contributed by atoms with Crippen molar-refractivity contribution < 1.29 is 4.74 Å². The van der Waals surface area contributed by atoms with Crippen LogP contribution in [0.3, 0.4) is 0 Å². The van der Waals surface area contributed by atoms with E-state index in [9.17, 15) is 0 Å². The Bertz CT molecular complexity index is 1420. The molecule has 3 aromatic heterocycles. The van der Waals surface area contributed by atoms with Crippen LogP contribution < -0.4 is 4.74 Å². The third-order valence-electron chi connectivity index (χ3n) is 5.43. The topological polar surface area (TPSA) is 47.9 Å². The fourth-order valence-corrected chi connectivity index (χ4v) is 3.69.